The van der Waals surface area contributed by atoms with Gasteiger partial charge in [0.2, 0.25) is 11.8 Å². The van der Waals surface area contributed by atoms with Crippen molar-refractivity contribution >= 4 is 44.9 Å². The smallest absolute Gasteiger partial charge is 0.294 e. The van der Waals surface area contributed by atoms with Gasteiger partial charge in [-0.25, -0.2) is 0 Å². The minimum Gasteiger partial charge on any atom is -0.611 e. The molecule has 4 rings (SSSR count). The highest BCUT2D eigenvalue weighted by Gasteiger charge is 2.47. The first-order chi connectivity index (χ1) is 16.5. The Kier molecular flexibility index (Phi) is 6.82. The number of hydrogen-bond donors (Lipinski definition) is 2. The zero-order chi connectivity index (χ0) is 25.5. The predicted molar refractivity (Wildman–Crippen MR) is 124 cm³/mol. The fourth-order valence-corrected chi connectivity index (χ4v) is 6.35. The molecule has 2 atom stereocenters. The fraction of sp³-hybridized carbons (Fsp3) is 0.304. The van der Waals surface area contributed by atoms with Gasteiger partial charge in [0.1, 0.15) is 17.4 Å². The van der Waals surface area contributed by atoms with E-state index >= 15 is 0 Å². The Morgan fingerprint density at radius 2 is 1.89 bits per heavy atom. The number of fused-ring (bicyclic) bond motifs is 1. The van der Waals surface area contributed by atoms with E-state index in [0.29, 0.717) is 5.56 Å². The minimum absolute atomic E-state index is 0.00684. The summed E-state index contributed by atoms with van der Waals surface area (Å²) in [4.78, 5) is 50.5. The molecule has 0 aromatic heterocycles. The van der Waals surface area contributed by atoms with E-state index in [1.807, 2.05) is 0 Å². The number of rotatable bonds is 7. The van der Waals surface area contributed by atoms with Crippen LogP contribution in [0.4, 0.5) is 0 Å². The number of benzene rings is 2. The van der Waals surface area contributed by atoms with Gasteiger partial charge in [-0.3, -0.25) is 33.9 Å². The van der Waals surface area contributed by atoms with Gasteiger partial charge in [-0.2, -0.15) is 8.42 Å². The Balaban J connectivity index is 1.53. The summed E-state index contributed by atoms with van der Waals surface area (Å²) < 4.78 is 45.9. The van der Waals surface area contributed by atoms with Gasteiger partial charge < -0.3 is 4.55 Å². The first kappa shape index (κ1) is 25.0. The van der Waals surface area contributed by atoms with Gasteiger partial charge in [-0.15, -0.1) is 0 Å². The molecule has 1 saturated heterocycles. The Labute approximate surface area is 204 Å². The van der Waals surface area contributed by atoms with Crippen LogP contribution in [0, 0.1) is 6.92 Å². The number of piperidine rings is 1. The summed E-state index contributed by atoms with van der Waals surface area (Å²) in [6, 6.07) is 7.79. The summed E-state index contributed by atoms with van der Waals surface area (Å²) >= 11 is -1.71. The molecule has 1 fully saturated rings. The second kappa shape index (κ2) is 9.53. The average molecular weight is 519 g/mol. The molecule has 12 heteroatoms. The molecule has 2 aliphatic heterocycles. The lowest BCUT2D eigenvalue weighted by Gasteiger charge is -2.27. The van der Waals surface area contributed by atoms with Crippen LogP contribution in [0.3, 0.4) is 0 Å². The summed E-state index contributed by atoms with van der Waals surface area (Å²) in [5.41, 5.74) is 1.19. The lowest BCUT2D eigenvalue weighted by Crippen LogP contribution is -2.54. The van der Waals surface area contributed by atoms with Crippen molar-refractivity contribution in [1.29, 1.82) is 0 Å². The lowest BCUT2D eigenvalue weighted by molar-refractivity contribution is -0.136. The molecule has 2 aliphatic rings. The molecule has 2 unspecified atom stereocenters. The summed E-state index contributed by atoms with van der Waals surface area (Å²) in [5, 5.41) is 2.13. The highest BCUT2D eigenvalue weighted by molar-refractivity contribution is 7.91. The van der Waals surface area contributed by atoms with Crippen molar-refractivity contribution in [3.8, 4) is 0 Å². The molecule has 0 saturated carbocycles. The molecule has 2 aromatic rings. The zero-order valence-electron chi connectivity index (χ0n) is 18.6. The standard InChI is InChI=1S/C23H22N2O8S2/c1-13-7-9-18(35(31,32)33)14(12-13)4-3-11-34(30)17-6-2-5-15-20(17)23(29)25(22(15)28)16-8-10-19(26)24-21(16)27/h2,5-7,9,12,16H,3-4,8,10-11H2,1H3,(H,24,26,27)(H,31,32,33). The fourth-order valence-electron chi connectivity index (χ4n) is 4.33. The molecule has 10 nitrogen and oxygen atoms in total. The zero-order valence-corrected chi connectivity index (χ0v) is 20.3. The predicted octanol–water partition coefficient (Wildman–Crippen LogP) is 1.38. The van der Waals surface area contributed by atoms with Gasteiger partial charge >= 0.3 is 0 Å². The third-order valence-corrected chi connectivity index (χ3v) is 8.39. The maximum absolute atomic E-state index is 13.2. The van der Waals surface area contributed by atoms with E-state index in [-0.39, 0.29) is 52.4 Å². The van der Waals surface area contributed by atoms with Crippen molar-refractivity contribution in [2.75, 3.05) is 5.75 Å². The molecular formula is C23H22N2O8S2. The number of imide groups is 2. The maximum Gasteiger partial charge on any atom is 0.294 e. The van der Waals surface area contributed by atoms with E-state index in [0.717, 1.165) is 10.5 Å². The van der Waals surface area contributed by atoms with Gasteiger partial charge in [0.25, 0.3) is 21.9 Å². The van der Waals surface area contributed by atoms with E-state index in [1.165, 1.54) is 24.3 Å². The van der Waals surface area contributed by atoms with Gasteiger partial charge in [0, 0.05) is 6.42 Å². The molecule has 4 amide bonds. The Bertz CT molecular complexity index is 1360. The molecule has 2 N–H and O–H groups in total. The quantitative estimate of drug-likeness (QED) is 0.316. The molecule has 0 spiro atoms. The number of carbonyl (C=O) groups is 4. The highest BCUT2D eigenvalue weighted by atomic mass is 32.2. The van der Waals surface area contributed by atoms with Crippen LogP contribution >= 0.6 is 0 Å². The number of nitrogens with one attached hydrogen (secondary N) is 1. The number of nitrogens with zero attached hydrogens (tertiary/aromatic N) is 1. The molecule has 2 heterocycles. The van der Waals surface area contributed by atoms with Gasteiger partial charge in [0.15, 0.2) is 4.90 Å². The van der Waals surface area contributed by atoms with Crippen LogP contribution in [0.2, 0.25) is 0 Å². The van der Waals surface area contributed by atoms with Crippen LogP contribution in [0.1, 0.15) is 51.1 Å². The second-order valence-corrected chi connectivity index (χ2v) is 11.3. The average Bonchev–Trinajstić information content (AvgIpc) is 3.03. The van der Waals surface area contributed by atoms with Crippen LogP contribution in [0.5, 0.6) is 0 Å². The normalized spacial score (nSPS) is 19.1. The van der Waals surface area contributed by atoms with Crippen molar-refractivity contribution in [1.82, 2.24) is 10.2 Å². The SMILES string of the molecule is Cc1ccc(S(=O)(=O)O)c(CCC[S+]([O-])c2cccc3c2C(=O)N(C2CCC(=O)NC2=O)C3=O)c1. The van der Waals surface area contributed by atoms with Crippen molar-refractivity contribution in [2.45, 2.75) is 48.4 Å². The second-order valence-electron chi connectivity index (χ2n) is 8.37. The topological polar surface area (TPSA) is 161 Å². The van der Waals surface area contributed by atoms with Crippen LogP contribution < -0.4 is 5.32 Å². The molecule has 0 radical (unpaired) electrons. The first-order valence-electron chi connectivity index (χ1n) is 10.8. The van der Waals surface area contributed by atoms with Crippen molar-refractivity contribution in [3.05, 3.63) is 58.7 Å². The number of hydrogen-bond acceptors (Lipinski definition) is 7. The summed E-state index contributed by atoms with van der Waals surface area (Å²) in [6.07, 6.45) is 0.502. The minimum atomic E-state index is -4.42. The maximum atomic E-state index is 13.2. The number of carbonyl (C=O) groups excluding carboxylic acids is 4. The number of amides is 4. The molecule has 0 aliphatic carbocycles. The first-order valence-corrected chi connectivity index (χ1v) is 13.5. The Morgan fingerprint density at radius 1 is 1.14 bits per heavy atom. The Morgan fingerprint density at radius 3 is 2.57 bits per heavy atom. The van der Waals surface area contributed by atoms with Crippen LogP contribution in [-0.4, -0.2) is 57.8 Å². The summed E-state index contributed by atoms with van der Waals surface area (Å²) in [7, 11) is -4.42. The lowest BCUT2D eigenvalue weighted by atomic mass is 10.0. The monoisotopic (exact) mass is 518 g/mol. The van der Waals surface area contributed by atoms with Gasteiger partial charge in [-0.1, -0.05) is 23.8 Å². The Hall–Kier alpha value is -3.06. The van der Waals surface area contributed by atoms with Crippen LogP contribution in [-0.2, 0) is 37.3 Å². The van der Waals surface area contributed by atoms with E-state index in [1.54, 1.807) is 19.1 Å². The van der Waals surface area contributed by atoms with E-state index in [4.69, 9.17) is 0 Å². The molecular weight excluding hydrogens is 496 g/mol. The summed E-state index contributed by atoms with van der Waals surface area (Å²) in [6.45, 7) is 1.78. The van der Waals surface area contributed by atoms with Crippen molar-refractivity contribution in [2.24, 2.45) is 0 Å². The highest BCUT2D eigenvalue weighted by Crippen LogP contribution is 2.32. The van der Waals surface area contributed by atoms with E-state index in [9.17, 15) is 36.7 Å². The van der Waals surface area contributed by atoms with Crippen molar-refractivity contribution in [3.63, 3.8) is 0 Å². The van der Waals surface area contributed by atoms with Gasteiger partial charge in [0.05, 0.1) is 10.5 Å². The molecule has 184 valence electrons. The molecule has 0 bridgehead atoms. The molecule has 35 heavy (non-hydrogen) atoms. The van der Waals surface area contributed by atoms with E-state index in [2.05, 4.69) is 5.32 Å². The van der Waals surface area contributed by atoms with E-state index < -0.39 is 51.0 Å². The van der Waals surface area contributed by atoms with Crippen LogP contribution in [0.15, 0.2) is 46.2 Å². The third kappa shape index (κ3) is 4.87. The van der Waals surface area contributed by atoms with Crippen LogP contribution in [0.25, 0.3) is 0 Å². The number of aryl methyl sites for hydroxylation is 2. The third-order valence-electron chi connectivity index (χ3n) is 5.94. The molecule has 2 aromatic carbocycles. The summed E-state index contributed by atoms with van der Waals surface area (Å²) in [5.74, 6) is -2.57. The largest absolute Gasteiger partial charge is 0.611 e. The van der Waals surface area contributed by atoms with Gasteiger partial charge in [-0.05, 0) is 61.1 Å². The van der Waals surface area contributed by atoms with Crippen molar-refractivity contribution < 1.29 is 36.7 Å².